The fourth-order valence-corrected chi connectivity index (χ4v) is 2.56. The number of carbonyl (C=O) groups is 2. The third kappa shape index (κ3) is 5.81. The zero-order valence-corrected chi connectivity index (χ0v) is 15.1. The summed E-state index contributed by atoms with van der Waals surface area (Å²) in [6.45, 7) is -0.573. The Morgan fingerprint density at radius 3 is 2.35 bits per heavy atom. The molecule has 2 rings (SSSR count). The standard InChI is InChI=1S/C16H18N4O5S/c1-20(16-17-8-3-9-18-16)10-15(22)25-11-14(21)19-12-4-6-13(7-5-12)26(2,23)24/h3-9H,10-11H2,1-2H3,(H,19,21). The lowest BCUT2D eigenvalue weighted by Gasteiger charge is -2.15. The van der Waals surface area contributed by atoms with Gasteiger partial charge >= 0.3 is 5.97 Å². The van der Waals surface area contributed by atoms with Crippen LogP contribution >= 0.6 is 0 Å². The topological polar surface area (TPSA) is 119 Å². The van der Waals surface area contributed by atoms with Crippen molar-refractivity contribution in [3.8, 4) is 0 Å². The van der Waals surface area contributed by atoms with Gasteiger partial charge < -0.3 is 15.0 Å². The van der Waals surface area contributed by atoms with E-state index >= 15 is 0 Å². The molecular weight excluding hydrogens is 360 g/mol. The predicted molar refractivity (Wildman–Crippen MR) is 94.4 cm³/mol. The third-order valence-electron chi connectivity index (χ3n) is 3.19. The Bertz CT molecular complexity index is 869. The van der Waals surface area contributed by atoms with Crippen LogP contribution < -0.4 is 10.2 Å². The van der Waals surface area contributed by atoms with Gasteiger partial charge in [-0.25, -0.2) is 18.4 Å². The largest absolute Gasteiger partial charge is 0.454 e. The first-order chi connectivity index (χ1) is 12.3. The molecular formula is C16H18N4O5S. The maximum Gasteiger partial charge on any atom is 0.326 e. The summed E-state index contributed by atoms with van der Waals surface area (Å²) in [6.07, 6.45) is 4.19. The summed E-state index contributed by atoms with van der Waals surface area (Å²) < 4.78 is 27.7. The SMILES string of the molecule is CN(CC(=O)OCC(=O)Nc1ccc(S(C)(=O)=O)cc1)c1ncccn1. The number of nitrogens with one attached hydrogen (secondary N) is 1. The van der Waals surface area contributed by atoms with E-state index in [4.69, 9.17) is 4.74 Å². The Labute approximate surface area is 150 Å². The number of aromatic nitrogens is 2. The number of benzene rings is 1. The minimum absolute atomic E-state index is 0.111. The van der Waals surface area contributed by atoms with E-state index in [-0.39, 0.29) is 11.4 Å². The van der Waals surface area contributed by atoms with Gasteiger partial charge in [-0.3, -0.25) is 9.59 Å². The summed E-state index contributed by atoms with van der Waals surface area (Å²) in [5, 5.41) is 2.51. The molecule has 0 radical (unpaired) electrons. The Hall–Kier alpha value is -3.01. The van der Waals surface area contributed by atoms with Gasteiger partial charge in [0.2, 0.25) is 5.95 Å². The van der Waals surface area contributed by atoms with Crippen molar-refractivity contribution in [2.24, 2.45) is 0 Å². The molecule has 0 aliphatic rings. The van der Waals surface area contributed by atoms with Crippen molar-refractivity contribution in [3.63, 3.8) is 0 Å². The number of hydrogen-bond donors (Lipinski definition) is 1. The number of esters is 1. The number of sulfone groups is 1. The molecule has 10 heteroatoms. The van der Waals surface area contributed by atoms with E-state index < -0.39 is 28.3 Å². The molecule has 0 bridgehead atoms. The average Bonchev–Trinajstić information content (AvgIpc) is 2.60. The summed E-state index contributed by atoms with van der Waals surface area (Å²) in [7, 11) is -1.68. The van der Waals surface area contributed by atoms with Crippen LogP contribution in [0.1, 0.15) is 0 Å². The van der Waals surface area contributed by atoms with Crippen LogP contribution in [0.3, 0.4) is 0 Å². The fraction of sp³-hybridized carbons (Fsp3) is 0.250. The molecule has 0 saturated heterocycles. The van der Waals surface area contributed by atoms with Crippen molar-refractivity contribution in [1.82, 2.24) is 9.97 Å². The van der Waals surface area contributed by atoms with Gasteiger partial charge in [-0.15, -0.1) is 0 Å². The molecule has 0 saturated carbocycles. The maximum absolute atomic E-state index is 11.8. The number of amides is 1. The van der Waals surface area contributed by atoms with Crippen molar-refractivity contribution in [2.75, 3.05) is 36.7 Å². The van der Waals surface area contributed by atoms with Gasteiger partial charge in [-0.05, 0) is 30.3 Å². The lowest BCUT2D eigenvalue weighted by Crippen LogP contribution is -2.30. The number of carbonyl (C=O) groups excluding carboxylic acids is 2. The van der Waals surface area contributed by atoms with Crippen LogP contribution in [-0.4, -0.2) is 56.7 Å². The fourth-order valence-electron chi connectivity index (χ4n) is 1.93. The molecule has 0 atom stereocenters. The Kier molecular flexibility index (Phi) is 6.23. The van der Waals surface area contributed by atoms with Crippen LogP contribution in [0.2, 0.25) is 0 Å². The van der Waals surface area contributed by atoms with E-state index in [1.54, 1.807) is 25.5 Å². The van der Waals surface area contributed by atoms with Crippen molar-refractivity contribution in [2.45, 2.75) is 4.90 Å². The van der Waals surface area contributed by atoms with E-state index in [9.17, 15) is 18.0 Å². The third-order valence-corrected chi connectivity index (χ3v) is 4.32. The van der Waals surface area contributed by atoms with E-state index in [0.29, 0.717) is 11.6 Å². The van der Waals surface area contributed by atoms with Crippen LogP contribution in [0.25, 0.3) is 0 Å². The highest BCUT2D eigenvalue weighted by Gasteiger charge is 2.13. The molecule has 1 heterocycles. The van der Waals surface area contributed by atoms with Gasteiger partial charge in [0.15, 0.2) is 16.4 Å². The molecule has 2 aromatic rings. The minimum Gasteiger partial charge on any atom is -0.454 e. The number of likely N-dealkylation sites (N-methyl/N-ethyl adjacent to an activating group) is 1. The highest BCUT2D eigenvalue weighted by molar-refractivity contribution is 7.90. The second kappa shape index (κ2) is 8.39. The van der Waals surface area contributed by atoms with Crippen molar-refractivity contribution >= 4 is 33.3 Å². The van der Waals surface area contributed by atoms with E-state index in [1.165, 1.54) is 29.2 Å². The second-order valence-corrected chi connectivity index (χ2v) is 7.43. The van der Waals surface area contributed by atoms with E-state index in [0.717, 1.165) is 6.26 Å². The summed E-state index contributed by atoms with van der Waals surface area (Å²) >= 11 is 0. The van der Waals surface area contributed by atoms with Crippen LogP contribution in [0, 0.1) is 0 Å². The van der Waals surface area contributed by atoms with Crippen LogP contribution in [-0.2, 0) is 24.2 Å². The number of ether oxygens (including phenoxy) is 1. The first-order valence-electron chi connectivity index (χ1n) is 7.49. The summed E-state index contributed by atoms with van der Waals surface area (Å²) in [4.78, 5) is 33.2. The van der Waals surface area contributed by atoms with Gasteiger partial charge in [-0.1, -0.05) is 0 Å². The van der Waals surface area contributed by atoms with Gasteiger partial charge in [0.25, 0.3) is 5.91 Å². The molecule has 1 amide bonds. The Balaban J connectivity index is 1.80. The van der Waals surface area contributed by atoms with Crippen LogP contribution in [0.5, 0.6) is 0 Å². The van der Waals surface area contributed by atoms with Gasteiger partial charge in [0.05, 0.1) is 4.90 Å². The van der Waals surface area contributed by atoms with Crippen molar-refractivity contribution < 1.29 is 22.7 Å². The van der Waals surface area contributed by atoms with Gasteiger partial charge in [0.1, 0.15) is 6.54 Å². The Morgan fingerprint density at radius 2 is 1.77 bits per heavy atom. The normalized spacial score (nSPS) is 10.8. The first-order valence-corrected chi connectivity index (χ1v) is 9.38. The number of rotatable bonds is 7. The number of nitrogens with zero attached hydrogens (tertiary/aromatic N) is 3. The second-order valence-electron chi connectivity index (χ2n) is 5.41. The summed E-state index contributed by atoms with van der Waals surface area (Å²) in [6, 6.07) is 7.33. The lowest BCUT2D eigenvalue weighted by atomic mass is 10.3. The maximum atomic E-state index is 11.8. The van der Waals surface area contributed by atoms with Crippen molar-refractivity contribution in [1.29, 1.82) is 0 Å². The molecule has 9 nitrogen and oxygen atoms in total. The zero-order chi connectivity index (χ0) is 19.2. The van der Waals surface area contributed by atoms with Gasteiger partial charge in [-0.2, -0.15) is 0 Å². The highest BCUT2D eigenvalue weighted by atomic mass is 32.2. The van der Waals surface area contributed by atoms with E-state index in [1.807, 2.05) is 0 Å². The lowest BCUT2D eigenvalue weighted by molar-refractivity contribution is -0.145. The summed E-state index contributed by atoms with van der Waals surface area (Å²) in [5.41, 5.74) is 0.397. The molecule has 0 unspecified atom stereocenters. The smallest absolute Gasteiger partial charge is 0.326 e. The van der Waals surface area contributed by atoms with Crippen molar-refractivity contribution in [3.05, 3.63) is 42.7 Å². The predicted octanol–water partition coefficient (Wildman–Crippen LogP) is 0.498. The molecule has 1 N–H and O–H groups in total. The molecule has 1 aromatic carbocycles. The molecule has 26 heavy (non-hydrogen) atoms. The molecule has 0 aliphatic carbocycles. The minimum atomic E-state index is -3.30. The molecule has 0 aliphatic heterocycles. The van der Waals surface area contributed by atoms with Crippen LogP contribution in [0.15, 0.2) is 47.6 Å². The van der Waals surface area contributed by atoms with Crippen LogP contribution in [0.4, 0.5) is 11.6 Å². The first kappa shape index (κ1) is 19.3. The molecule has 138 valence electrons. The molecule has 1 aromatic heterocycles. The van der Waals surface area contributed by atoms with E-state index in [2.05, 4.69) is 15.3 Å². The quantitative estimate of drug-likeness (QED) is 0.692. The monoisotopic (exact) mass is 378 g/mol. The molecule has 0 spiro atoms. The zero-order valence-electron chi connectivity index (χ0n) is 14.2. The highest BCUT2D eigenvalue weighted by Crippen LogP contribution is 2.13. The average molecular weight is 378 g/mol. The molecule has 0 fully saturated rings. The van der Waals surface area contributed by atoms with Gasteiger partial charge in [0, 0.05) is 31.4 Å². The Morgan fingerprint density at radius 1 is 1.15 bits per heavy atom. The summed E-state index contributed by atoms with van der Waals surface area (Å²) in [5.74, 6) is -0.786. The number of hydrogen-bond acceptors (Lipinski definition) is 8. The number of anilines is 2.